The van der Waals surface area contributed by atoms with Crippen LogP contribution in [0.2, 0.25) is 0 Å². The van der Waals surface area contributed by atoms with Crippen LogP contribution in [0.15, 0.2) is 43.0 Å². The van der Waals surface area contributed by atoms with E-state index in [0.717, 1.165) is 11.3 Å². The van der Waals surface area contributed by atoms with Crippen LogP contribution in [0.5, 0.6) is 5.75 Å². The number of aromatic nitrogens is 2. The van der Waals surface area contributed by atoms with Crippen molar-refractivity contribution in [1.82, 2.24) is 14.9 Å². The van der Waals surface area contributed by atoms with Gasteiger partial charge in [0.1, 0.15) is 12.1 Å². The van der Waals surface area contributed by atoms with E-state index in [0.29, 0.717) is 0 Å². The number of hydrogen-bond acceptors (Lipinski definition) is 3. The molecule has 0 saturated heterocycles. The SMILES string of the molecule is COc1cccc(C(C)NC(=O)n2ccnc2)c1. The second-order valence-electron chi connectivity index (χ2n) is 3.92. The molecule has 1 atom stereocenters. The summed E-state index contributed by atoms with van der Waals surface area (Å²) in [5.74, 6) is 0.774. The third-order valence-electron chi connectivity index (χ3n) is 2.67. The lowest BCUT2D eigenvalue weighted by Crippen LogP contribution is -2.30. The predicted molar refractivity (Wildman–Crippen MR) is 67.6 cm³/mol. The van der Waals surface area contributed by atoms with Crippen molar-refractivity contribution in [2.24, 2.45) is 0 Å². The first kappa shape index (κ1) is 12.2. The van der Waals surface area contributed by atoms with Crippen molar-refractivity contribution in [2.45, 2.75) is 13.0 Å². The molecule has 2 rings (SSSR count). The number of ether oxygens (including phenoxy) is 1. The maximum Gasteiger partial charge on any atom is 0.327 e. The van der Waals surface area contributed by atoms with E-state index in [1.165, 1.54) is 10.9 Å². The molecule has 1 unspecified atom stereocenters. The number of nitrogens with zero attached hydrogens (tertiary/aromatic N) is 2. The van der Waals surface area contributed by atoms with E-state index >= 15 is 0 Å². The lowest BCUT2D eigenvalue weighted by atomic mass is 10.1. The fourth-order valence-electron chi connectivity index (χ4n) is 1.63. The zero-order valence-electron chi connectivity index (χ0n) is 10.3. The van der Waals surface area contributed by atoms with Gasteiger partial charge in [0.2, 0.25) is 0 Å². The highest BCUT2D eigenvalue weighted by molar-refractivity contribution is 5.76. The Labute approximate surface area is 105 Å². The van der Waals surface area contributed by atoms with E-state index in [4.69, 9.17) is 4.74 Å². The van der Waals surface area contributed by atoms with Gasteiger partial charge in [0.05, 0.1) is 13.2 Å². The van der Waals surface area contributed by atoms with Gasteiger partial charge in [-0.3, -0.25) is 4.57 Å². The Morgan fingerprint density at radius 1 is 1.50 bits per heavy atom. The Balaban J connectivity index is 2.07. The van der Waals surface area contributed by atoms with E-state index in [2.05, 4.69) is 10.3 Å². The molecule has 0 aliphatic rings. The van der Waals surface area contributed by atoms with Gasteiger partial charge in [0, 0.05) is 12.4 Å². The number of carbonyl (C=O) groups is 1. The molecule has 1 amide bonds. The van der Waals surface area contributed by atoms with E-state index in [-0.39, 0.29) is 12.1 Å². The van der Waals surface area contributed by atoms with E-state index < -0.39 is 0 Å². The predicted octanol–water partition coefficient (Wildman–Crippen LogP) is 2.21. The molecule has 1 aromatic carbocycles. The number of methoxy groups -OCH3 is 1. The first-order chi connectivity index (χ1) is 8.70. The summed E-state index contributed by atoms with van der Waals surface area (Å²) in [6.45, 7) is 1.92. The van der Waals surface area contributed by atoms with Gasteiger partial charge in [-0.2, -0.15) is 0 Å². The van der Waals surface area contributed by atoms with Crippen LogP contribution in [0.1, 0.15) is 18.5 Å². The summed E-state index contributed by atoms with van der Waals surface area (Å²) >= 11 is 0. The van der Waals surface area contributed by atoms with Crippen molar-refractivity contribution in [3.63, 3.8) is 0 Å². The van der Waals surface area contributed by atoms with Crippen LogP contribution >= 0.6 is 0 Å². The second-order valence-corrected chi connectivity index (χ2v) is 3.92. The molecule has 5 nitrogen and oxygen atoms in total. The molecule has 0 spiro atoms. The van der Waals surface area contributed by atoms with Gasteiger partial charge in [0.25, 0.3) is 0 Å². The van der Waals surface area contributed by atoms with Gasteiger partial charge in [-0.15, -0.1) is 0 Å². The lowest BCUT2D eigenvalue weighted by molar-refractivity contribution is 0.239. The van der Waals surface area contributed by atoms with Gasteiger partial charge in [-0.1, -0.05) is 12.1 Å². The van der Waals surface area contributed by atoms with Gasteiger partial charge in [-0.05, 0) is 24.6 Å². The Hall–Kier alpha value is -2.30. The highest BCUT2D eigenvalue weighted by Crippen LogP contribution is 2.18. The van der Waals surface area contributed by atoms with Crippen LogP contribution in [0.4, 0.5) is 4.79 Å². The zero-order chi connectivity index (χ0) is 13.0. The van der Waals surface area contributed by atoms with Gasteiger partial charge in [-0.25, -0.2) is 9.78 Å². The minimum absolute atomic E-state index is 0.102. The number of imidazole rings is 1. The summed E-state index contributed by atoms with van der Waals surface area (Å²) in [6, 6.07) is 7.31. The van der Waals surface area contributed by atoms with Crippen LogP contribution in [-0.2, 0) is 0 Å². The van der Waals surface area contributed by atoms with Gasteiger partial charge in [0.15, 0.2) is 0 Å². The summed E-state index contributed by atoms with van der Waals surface area (Å²) in [7, 11) is 1.62. The number of nitrogens with one attached hydrogen (secondary N) is 1. The Morgan fingerprint density at radius 2 is 2.33 bits per heavy atom. The zero-order valence-corrected chi connectivity index (χ0v) is 10.3. The fraction of sp³-hybridized carbons (Fsp3) is 0.231. The lowest BCUT2D eigenvalue weighted by Gasteiger charge is -2.15. The fourth-order valence-corrected chi connectivity index (χ4v) is 1.63. The van der Waals surface area contributed by atoms with Crippen molar-refractivity contribution in [2.75, 3.05) is 7.11 Å². The maximum absolute atomic E-state index is 11.8. The van der Waals surface area contributed by atoms with Crippen molar-refractivity contribution in [3.05, 3.63) is 48.5 Å². The van der Waals surface area contributed by atoms with Crippen molar-refractivity contribution in [3.8, 4) is 5.75 Å². The molecule has 1 heterocycles. The largest absolute Gasteiger partial charge is 0.497 e. The quantitative estimate of drug-likeness (QED) is 0.902. The normalized spacial score (nSPS) is 11.9. The standard InChI is InChI=1S/C13H15N3O2/c1-10(11-4-3-5-12(8-11)18-2)15-13(17)16-7-6-14-9-16/h3-10H,1-2H3,(H,15,17). The molecule has 1 N–H and O–H groups in total. The Kier molecular flexibility index (Phi) is 3.62. The molecule has 0 radical (unpaired) electrons. The summed E-state index contributed by atoms with van der Waals surface area (Å²) in [5.41, 5.74) is 0.989. The smallest absolute Gasteiger partial charge is 0.327 e. The molecule has 0 bridgehead atoms. The summed E-state index contributed by atoms with van der Waals surface area (Å²) in [6.07, 6.45) is 4.64. The Bertz CT molecular complexity index is 523. The molecule has 18 heavy (non-hydrogen) atoms. The molecule has 0 fully saturated rings. The van der Waals surface area contributed by atoms with Crippen LogP contribution < -0.4 is 10.1 Å². The molecular weight excluding hydrogens is 230 g/mol. The number of amides is 1. The average molecular weight is 245 g/mol. The van der Waals surface area contributed by atoms with Gasteiger partial charge >= 0.3 is 6.03 Å². The van der Waals surface area contributed by atoms with Crippen molar-refractivity contribution >= 4 is 6.03 Å². The average Bonchev–Trinajstić information content (AvgIpc) is 2.92. The molecule has 2 aromatic rings. The Morgan fingerprint density at radius 3 is 3.00 bits per heavy atom. The summed E-state index contributed by atoms with van der Waals surface area (Å²) < 4.78 is 6.55. The highest BCUT2D eigenvalue weighted by atomic mass is 16.5. The van der Waals surface area contributed by atoms with E-state index in [9.17, 15) is 4.79 Å². The van der Waals surface area contributed by atoms with Crippen LogP contribution in [0.25, 0.3) is 0 Å². The highest BCUT2D eigenvalue weighted by Gasteiger charge is 2.11. The van der Waals surface area contributed by atoms with E-state index in [1.54, 1.807) is 19.5 Å². The topological polar surface area (TPSA) is 56.1 Å². The third-order valence-corrected chi connectivity index (χ3v) is 2.67. The molecule has 94 valence electrons. The molecule has 0 aliphatic carbocycles. The first-order valence-electron chi connectivity index (χ1n) is 5.63. The molecular formula is C13H15N3O2. The number of benzene rings is 1. The number of carbonyl (C=O) groups excluding carboxylic acids is 1. The van der Waals surface area contributed by atoms with Crippen LogP contribution in [0, 0.1) is 0 Å². The van der Waals surface area contributed by atoms with Crippen molar-refractivity contribution < 1.29 is 9.53 Å². The van der Waals surface area contributed by atoms with Crippen LogP contribution in [-0.4, -0.2) is 22.7 Å². The molecule has 0 saturated carbocycles. The second kappa shape index (κ2) is 5.35. The molecule has 0 aliphatic heterocycles. The third kappa shape index (κ3) is 2.68. The van der Waals surface area contributed by atoms with Crippen LogP contribution in [0.3, 0.4) is 0 Å². The minimum Gasteiger partial charge on any atom is -0.497 e. The summed E-state index contributed by atoms with van der Waals surface area (Å²) in [4.78, 5) is 15.7. The maximum atomic E-state index is 11.8. The van der Waals surface area contributed by atoms with Gasteiger partial charge < -0.3 is 10.1 Å². The number of rotatable bonds is 3. The molecule has 5 heteroatoms. The first-order valence-corrected chi connectivity index (χ1v) is 5.63. The minimum atomic E-state index is -0.206. The monoisotopic (exact) mass is 245 g/mol. The number of hydrogen-bond donors (Lipinski definition) is 1. The molecule has 1 aromatic heterocycles. The summed E-state index contributed by atoms with van der Waals surface area (Å²) in [5, 5.41) is 2.88. The van der Waals surface area contributed by atoms with E-state index in [1.807, 2.05) is 31.2 Å². The van der Waals surface area contributed by atoms with Crippen molar-refractivity contribution in [1.29, 1.82) is 0 Å².